The lowest BCUT2D eigenvalue weighted by Crippen LogP contribution is -2.69. The summed E-state index contributed by atoms with van der Waals surface area (Å²) < 4.78 is 11.3. The highest BCUT2D eigenvalue weighted by molar-refractivity contribution is 14.0. The van der Waals surface area contributed by atoms with Crippen LogP contribution in [-0.4, -0.2) is 49.9 Å². The van der Waals surface area contributed by atoms with Crippen LogP contribution in [-0.2, 0) is 4.74 Å². The van der Waals surface area contributed by atoms with E-state index in [2.05, 4.69) is 41.4 Å². The minimum absolute atomic E-state index is 0. The fourth-order valence-electron chi connectivity index (χ4n) is 2.85. The fourth-order valence-corrected chi connectivity index (χ4v) is 2.85. The fraction of sp³-hybridized carbons (Fsp3) is 0.647. The molecule has 1 heterocycles. The molecule has 1 saturated carbocycles. The van der Waals surface area contributed by atoms with Gasteiger partial charge in [-0.25, -0.2) is 0 Å². The van der Waals surface area contributed by atoms with E-state index < -0.39 is 0 Å². The van der Waals surface area contributed by atoms with Crippen LogP contribution in [0.1, 0.15) is 27.2 Å². The Bertz CT molecular complexity index is 539. The number of hydrogen-bond acceptors (Lipinski definition) is 4. The topological polar surface area (TPSA) is 67.8 Å². The van der Waals surface area contributed by atoms with Crippen molar-refractivity contribution in [2.45, 2.75) is 38.8 Å². The number of aliphatic imine (C=N–C) groups is 1. The number of halogens is 1. The molecule has 2 atom stereocenters. The first kappa shape index (κ1) is 21.0. The second kappa shape index (κ2) is 8.84. The quantitative estimate of drug-likeness (QED) is 0.303. The van der Waals surface area contributed by atoms with Crippen molar-refractivity contribution in [3.8, 4) is 5.75 Å². The van der Waals surface area contributed by atoms with Crippen molar-refractivity contribution < 1.29 is 9.47 Å². The third-order valence-corrected chi connectivity index (χ3v) is 5.11. The van der Waals surface area contributed by atoms with Gasteiger partial charge >= 0.3 is 0 Å². The monoisotopic (exact) mass is 448 g/mol. The minimum Gasteiger partial charge on any atom is -0.490 e. The number of nitrogens with one attached hydrogen (secondary N) is 2. The summed E-state index contributed by atoms with van der Waals surface area (Å²) >= 11 is 0. The number of nitrogens with zero attached hydrogens (tertiary/aromatic N) is 2. The largest absolute Gasteiger partial charge is 0.490 e. The van der Waals surface area contributed by atoms with E-state index in [1.807, 2.05) is 12.1 Å². The third-order valence-electron chi connectivity index (χ3n) is 5.11. The molecule has 1 aliphatic carbocycles. The van der Waals surface area contributed by atoms with Crippen molar-refractivity contribution in [2.24, 2.45) is 10.4 Å². The first-order chi connectivity index (χ1) is 10.9. The normalized spacial score (nSPS) is 25.2. The van der Waals surface area contributed by atoms with Crippen LogP contribution in [0.15, 0.2) is 29.5 Å². The lowest BCUT2D eigenvalue weighted by molar-refractivity contribution is -0.176. The summed E-state index contributed by atoms with van der Waals surface area (Å²) in [4.78, 5) is 8.30. The van der Waals surface area contributed by atoms with E-state index in [4.69, 9.17) is 9.47 Å². The van der Waals surface area contributed by atoms with Gasteiger partial charge in [-0.05, 0) is 25.5 Å². The molecule has 2 rings (SSSR count). The van der Waals surface area contributed by atoms with Crippen LogP contribution in [0.2, 0.25) is 0 Å². The molecule has 6 nitrogen and oxygen atoms in total. The molecule has 0 bridgehead atoms. The highest BCUT2D eigenvalue weighted by Gasteiger charge is 2.57. The molecule has 1 aromatic rings. The predicted molar refractivity (Wildman–Crippen MR) is 107 cm³/mol. The van der Waals surface area contributed by atoms with Gasteiger partial charge in [0.2, 0.25) is 0 Å². The Hall–Kier alpha value is -1.09. The summed E-state index contributed by atoms with van der Waals surface area (Å²) in [6.45, 7) is 7.82. The van der Waals surface area contributed by atoms with E-state index in [1.54, 1.807) is 26.6 Å². The van der Waals surface area contributed by atoms with Crippen LogP contribution < -0.4 is 15.4 Å². The van der Waals surface area contributed by atoms with Gasteiger partial charge < -0.3 is 20.1 Å². The summed E-state index contributed by atoms with van der Waals surface area (Å²) in [5.41, 5.74) is -0.0431. The number of pyridine rings is 1. The van der Waals surface area contributed by atoms with E-state index in [0.717, 1.165) is 18.1 Å². The van der Waals surface area contributed by atoms with E-state index in [0.29, 0.717) is 19.2 Å². The lowest BCUT2D eigenvalue weighted by atomic mass is 9.56. The maximum absolute atomic E-state index is 5.66. The average Bonchev–Trinajstić information content (AvgIpc) is 2.57. The van der Waals surface area contributed by atoms with E-state index in [-0.39, 0.29) is 35.0 Å². The zero-order valence-corrected chi connectivity index (χ0v) is 17.5. The molecule has 0 saturated heterocycles. The molecule has 0 radical (unpaired) electrons. The molecule has 1 fully saturated rings. The highest BCUT2D eigenvalue weighted by atomic mass is 127. The number of aromatic nitrogens is 1. The van der Waals surface area contributed by atoms with Gasteiger partial charge in [0, 0.05) is 31.8 Å². The maximum atomic E-state index is 5.66. The van der Waals surface area contributed by atoms with Crippen LogP contribution in [0.25, 0.3) is 0 Å². The summed E-state index contributed by atoms with van der Waals surface area (Å²) in [5.74, 6) is 1.56. The first-order valence-electron chi connectivity index (χ1n) is 7.98. The number of methoxy groups -OCH3 is 1. The lowest BCUT2D eigenvalue weighted by Gasteiger charge is -2.59. The molecule has 1 aromatic heterocycles. The number of rotatable bonds is 6. The van der Waals surface area contributed by atoms with Gasteiger partial charge in [-0.3, -0.25) is 9.98 Å². The Morgan fingerprint density at radius 3 is 2.71 bits per heavy atom. The molecule has 0 aromatic carbocycles. The second-order valence-corrected chi connectivity index (χ2v) is 6.59. The van der Waals surface area contributed by atoms with Crippen LogP contribution in [0.3, 0.4) is 0 Å². The Kier molecular flexibility index (Phi) is 7.72. The zero-order valence-electron chi connectivity index (χ0n) is 15.1. The Morgan fingerprint density at radius 1 is 1.42 bits per heavy atom. The highest BCUT2D eigenvalue weighted by Crippen LogP contribution is 2.51. The van der Waals surface area contributed by atoms with Crippen molar-refractivity contribution in [3.05, 3.63) is 24.5 Å². The van der Waals surface area contributed by atoms with Crippen molar-refractivity contribution in [1.29, 1.82) is 0 Å². The molecule has 0 amide bonds. The summed E-state index contributed by atoms with van der Waals surface area (Å²) in [6, 6.07) is 4.08. The molecule has 136 valence electrons. The van der Waals surface area contributed by atoms with Gasteiger partial charge in [0.1, 0.15) is 12.4 Å². The minimum atomic E-state index is -0.0903. The molecule has 2 unspecified atom stereocenters. The van der Waals surface area contributed by atoms with Crippen molar-refractivity contribution in [1.82, 2.24) is 15.6 Å². The van der Waals surface area contributed by atoms with Crippen LogP contribution in [0, 0.1) is 5.41 Å². The van der Waals surface area contributed by atoms with Gasteiger partial charge in [-0.2, -0.15) is 0 Å². The van der Waals surface area contributed by atoms with Gasteiger partial charge in [-0.15, -0.1) is 24.0 Å². The van der Waals surface area contributed by atoms with Crippen molar-refractivity contribution in [2.75, 3.05) is 27.3 Å². The predicted octanol–water partition coefficient (Wildman–Crippen LogP) is 2.45. The molecule has 1 aliphatic rings. The number of guanidine groups is 1. The SMILES string of the molecule is CN=C(NCCOc1cccnc1)NC1CC(C)(OC)C1(C)C.I. The zero-order chi connectivity index (χ0) is 16.9. The maximum Gasteiger partial charge on any atom is 0.191 e. The van der Waals surface area contributed by atoms with Gasteiger partial charge in [-0.1, -0.05) is 13.8 Å². The van der Waals surface area contributed by atoms with Gasteiger partial charge in [0.25, 0.3) is 0 Å². The van der Waals surface area contributed by atoms with E-state index in [1.165, 1.54) is 0 Å². The van der Waals surface area contributed by atoms with E-state index >= 15 is 0 Å². The molecule has 2 N–H and O–H groups in total. The standard InChI is InChI=1S/C17H28N4O2.HI/c1-16(2)14(11-17(16,3)22-5)21-15(18-4)20-9-10-23-13-7-6-8-19-12-13;/h6-8,12,14H,9-11H2,1-5H3,(H2,18,20,21);1H. The molecule has 0 aliphatic heterocycles. The Balaban J connectivity index is 0.00000288. The van der Waals surface area contributed by atoms with Gasteiger partial charge in [0.15, 0.2) is 5.96 Å². The van der Waals surface area contributed by atoms with Gasteiger partial charge in [0.05, 0.1) is 18.3 Å². The molecule has 24 heavy (non-hydrogen) atoms. The van der Waals surface area contributed by atoms with Crippen LogP contribution in [0.5, 0.6) is 5.75 Å². The molecular formula is C17H29IN4O2. The molecule has 7 heteroatoms. The summed E-state index contributed by atoms with van der Waals surface area (Å²) in [7, 11) is 3.55. The van der Waals surface area contributed by atoms with Crippen molar-refractivity contribution in [3.63, 3.8) is 0 Å². The number of hydrogen-bond donors (Lipinski definition) is 2. The second-order valence-electron chi connectivity index (χ2n) is 6.59. The van der Waals surface area contributed by atoms with Crippen molar-refractivity contribution >= 4 is 29.9 Å². The van der Waals surface area contributed by atoms with E-state index in [9.17, 15) is 0 Å². The number of ether oxygens (including phenoxy) is 2. The molecular weight excluding hydrogens is 419 g/mol. The van der Waals surface area contributed by atoms with Crippen LogP contribution in [0.4, 0.5) is 0 Å². The molecule has 0 spiro atoms. The summed E-state index contributed by atoms with van der Waals surface area (Å²) in [5, 5.41) is 6.75. The Labute approximate surface area is 161 Å². The summed E-state index contributed by atoms with van der Waals surface area (Å²) in [6.07, 6.45) is 4.39. The van der Waals surface area contributed by atoms with Crippen LogP contribution >= 0.6 is 24.0 Å². The first-order valence-corrected chi connectivity index (χ1v) is 7.98. The average molecular weight is 448 g/mol. The Morgan fingerprint density at radius 2 is 2.17 bits per heavy atom. The smallest absolute Gasteiger partial charge is 0.191 e. The third kappa shape index (κ3) is 4.50.